The number of hydrogen-bond acceptors (Lipinski definition) is 4. The van der Waals surface area contributed by atoms with Gasteiger partial charge in [0.1, 0.15) is 5.54 Å². The number of benzene rings is 1. The topological polar surface area (TPSA) is 41.6 Å². The lowest BCUT2D eigenvalue weighted by Gasteiger charge is -2.30. The lowest BCUT2D eigenvalue weighted by Crippen LogP contribution is -2.50. The molecular weight excluding hydrogens is 276 g/mol. The Bertz CT molecular complexity index is 475. The standard InChI is InChI=1S/C15H21ClN2O2/c1-11(2)18-9-8-15(10-18,14(19)20-3)17-13-6-4-12(16)5-7-13/h4-7,11,17H,8-10H2,1-3H3. The number of nitrogens with zero attached hydrogens (tertiary/aromatic N) is 1. The van der Waals surface area contributed by atoms with Crippen LogP contribution in [0.2, 0.25) is 5.02 Å². The highest BCUT2D eigenvalue weighted by Gasteiger charge is 2.46. The van der Waals surface area contributed by atoms with Gasteiger partial charge in [0.05, 0.1) is 7.11 Å². The summed E-state index contributed by atoms with van der Waals surface area (Å²) in [4.78, 5) is 14.5. The molecule has 4 nitrogen and oxygen atoms in total. The van der Waals surface area contributed by atoms with Gasteiger partial charge >= 0.3 is 5.97 Å². The fourth-order valence-electron chi connectivity index (χ4n) is 2.60. The molecular formula is C15H21ClN2O2. The SMILES string of the molecule is COC(=O)C1(Nc2ccc(Cl)cc2)CCN(C(C)C)C1. The van der Waals surface area contributed by atoms with Gasteiger partial charge in [-0.3, -0.25) is 4.90 Å². The van der Waals surface area contributed by atoms with Crippen molar-refractivity contribution < 1.29 is 9.53 Å². The maximum atomic E-state index is 12.2. The summed E-state index contributed by atoms with van der Waals surface area (Å²) in [6.07, 6.45) is 0.737. The van der Waals surface area contributed by atoms with Gasteiger partial charge in [-0.1, -0.05) is 11.6 Å². The van der Waals surface area contributed by atoms with Crippen molar-refractivity contribution in [2.75, 3.05) is 25.5 Å². The lowest BCUT2D eigenvalue weighted by atomic mass is 9.98. The van der Waals surface area contributed by atoms with E-state index in [0.29, 0.717) is 17.6 Å². The van der Waals surface area contributed by atoms with Crippen LogP contribution in [0.15, 0.2) is 24.3 Å². The second-order valence-corrected chi connectivity index (χ2v) is 5.96. The highest BCUT2D eigenvalue weighted by molar-refractivity contribution is 6.30. The Morgan fingerprint density at radius 1 is 1.40 bits per heavy atom. The van der Waals surface area contributed by atoms with Crippen molar-refractivity contribution in [3.63, 3.8) is 0 Å². The smallest absolute Gasteiger partial charge is 0.332 e. The summed E-state index contributed by atoms with van der Waals surface area (Å²) in [6.45, 7) is 5.80. The van der Waals surface area contributed by atoms with Gasteiger partial charge in [-0.2, -0.15) is 0 Å². The molecule has 5 heteroatoms. The van der Waals surface area contributed by atoms with Crippen LogP contribution < -0.4 is 5.32 Å². The van der Waals surface area contributed by atoms with E-state index in [0.717, 1.165) is 18.7 Å². The third-order valence-electron chi connectivity index (χ3n) is 3.83. The Morgan fingerprint density at radius 3 is 2.55 bits per heavy atom. The number of likely N-dealkylation sites (tertiary alicyclic amines) is 1. The molecule has 2 rings (SSSR count). The van der Waals surface area contributed by atoms with Crippen LogP contribution in [-0.4, -0.2) is 42.6 Å². The van der Waals surface area contributed by atoms with Gasteiger partial charge in [-0.25, -0.2) is 4.79 Å². The third-order valence-corrected chi connectivity index (χ3v) is 4.09. The third kappa shape index (κ3) is 3.07. The number of anilines is 1. The first kappa shape index (κ1) is 15.1. The van der Waals surface area contributed by atoms with Crippen LogP contribution >= 0.6 is 11.6 Å². The zero-order chi connectivity index (χ0) is 14.8. The summed E-state index contributed by atoms with van der Waals surface area (Å²) in [5.74, 6) is -0.212. The van der Waals surface area contributed by atoms with E-state index < -0.39 is 5.54 Å². The molecule has 0 aliphatic carbocycles. The molecule has 1 saturated heterocycles. The maximum absolute atomic E-state index is 12.2. The fourth-order valence-corrected chi connectivity index (χ4v) is 2.73. The van der Waals surface area contributed by atoms with Crippen LogP contribution in [0.25, 0.3) is 0 Å². The molecule has 0 aromatic heterocycles. The van der Waals surface area contributed by atoms with Crippen molar-refractivity contribution in [1.29, 1.82) is 0 Å². The highest BCUT2D eigenvalue weighted by atomic mass is 35.5. The van der Waals surface area contributed by atoms with Crippen molar-refractivity contribution >= 4 is 23.3 Å². The van der Waals surface area contributed by atoms with Crippen molar-refractivity contribution in [2.45, 2.75) is 31.8 Å². The molecule has 0 saturated carbocycles. The second-order valence-electron chi connectivity index (χ2n) is 5.52. The Kier molecular flexibility index (Phi) is 4.55. The summed E-state index contributed by atoms with van der Waals surface area (Å²) < 4.78 is 5.01. The lowest BCUT2D eigenvalue weighted by molar-refractivity contribution is -0.145. The van der Waals surface area contributed by atoms with Gasteiger partial charge in [0, 0.05) is 29.8 Å². The molecule has 1 heterocycles. The first-order valence-electron chi connectivity index (χ1n) is 6.83. The second kappa shape index (κ2) is 6.02. The minimum absolute atomic E-state index is 0.212. The largest absolute Gasteiger partial charge is 0.467 e. The molecule has 1 N–H and O–H groups in total. The molecule has 0 bridgehead atoms. The van der Waals surface area contributed by atoms with Crippen LogP contribution in [0.4, 0.5) is 5.69 Å². The van der Waals surface area contributed by atoms with Crippen molar-refractivity contribution in [1.82, 2.24) is 4.90 Å². The van der Waals surface area contributed by atoms with E-state index in [-0.39, 0.29) is 5.97 Å². The van der Waals surface area contributed by atoms with Crippen molar-refractivity contribution in [2.24, 2.45) is 0 Å². The maximum Gasteiger partial charge on any atom is 0.332 e. The minimum atomic E-state index is -0.674. The van der Waals surface area contributed by atoms with E-state index in [9.17, 15) is 4.79 Å². The van der Waals surface area contributed by atoms with E-state index in [1.165, 1.54) is 7.11 Å². The van der Waals surface area contributed by atoms with Crippen molar-refractivity contribution in [3.8, 4) is 0 Å². The van der Waals surface area contributed by atoms with Gasteiger partial charge in [-0.15, -0.1) is 0 Å². The van der Waals surface area contributed by atoms with E-state index in [1.54, 1.807) is 0 Å². The highest BCUT2D eigenvalue weighted by Crippen LogP contribution is 2.29. The van der Waals surface area contributed by atoms with Crippen LogP contribution in [0.5, 0.6) is 0 Å². The molecule has 0 spiro atoms. The molecule has 110 valence electrons. The molecule has 1 unspecified atom stereocenters. The van der Waals surface area contributed by atoms with Gasteiger partial charge in [0.15, 0.2) is 0 Å². The number of carbonyl (C=O) groups excluding carboxylic acids is 1. The Hall–Kier alpha value is -1.26. The molecule has 1 aliphatic heterocycles. The molecule has 1 fully saturated rings. The summed E-state index contributed by atoms with van der Waals surface area (Å²) in [6, 6.07) is 7.79. The zero-order valence-corrected chi connectivity index (χ0v) is 12.9. The summed E-state index contributed by atoms with van der Waals surface area (Å²) in [5, 5.41) is 4.02. The molecule has 1 aromatic carbocycles. The predicted molar refractivity (Wildman–Crippen MR) is 81.1 cm³/mol. The van der Waals surface area contributed by atoms with Crippen LogP contribution in [-0.2, 0) is 9.53 Å². The summed E-state index contributed by atoms with van der Waals surface area (Å²) in [5.41, 5.74) is 0.206. The Balaban J connectivity index is 2.21. The molecule has 1 aromatic rings. The number of methoxy groups -OCH3 is 1. The predicted octanol–water partition coefficient (Wildman–Crippen LogP) is 2.78. The van der Waals surface area contributed by atoms with Crippen LogP contribution in [0.3, 0.4) is 0 Å². The summed E-state index contributed by atoms with van der Waals surface area (Å²) in [7, 11) is 1.44. The van der Waals surface area contributed by atoms with Gasteiger partial charge in [0.25, 0.3) is 0 Å². The monoisotopic (exact) mass is 296 g/mol. The quantitative estimate of drug-likeness (QED) is 0.868. The van der Waals surface area contributed by atoms with Gasteiger partial charge < -0.3 is 10.1 Å². The Labute approximate surface area is 125 Å². The van der Waals surface area contributed by atoms with Gasteiger partial charge in [-0.05, 0) is 44.5 Å². The van der Waals surface area contributed by atoms with Crippen LogP contribution in [0.1, 0.15) is 20.3 Å². The number of hydrogen-bond donors (Lipinski definition) is 1. The number of rotatable bonds is 4. The molecule has 0 amide bonds. The van der Waals surface area contributed by atoms with Gasteiger partial charge in [0.2, 0.25) is 0 Å². The number of esters is 1. The van der Waals surface area contributed by atoms with Crippen molar-refractivity contribution in [3.05, 3.63) is 29.3 Å². The molecule has 1 atom stereocenters. The molecule has 20 heavy (non-hydrogen) atoms. The number of carbonyl (C=O) groups is 1. The average molecular weight is 297 g/mol. The van der Waals surface area contributed by atoms with E-state index in [4.69, 9.17) is 16.3 Å². The average Bonchev–Trinajstić information content (AvgIpc) is 2.86. The first-order chi connectivity index (χ1) is 9.47. The van der Waals surface area contributed by atoms with Crippen LogP contribution in [0, 0.1) is 0 Å². The molecule has 1 aliphatic rings. The minimum Gasteiger partial charge on any atom is -0.467 e. The first-order valence-corrected chi connectivity index (χ1v) is 7.21. The van der Waals surface area contributed by atoms with E-state index in [2.05, 4.69) is 24.1 Å². The van der Waals surface area contributed by atoms with E-state index >= 15 is 0 Å². The van der Waals surface area contributed by atoms with E-state index in [1.807, 2.05) is 24.3 Å². The number of nitrogens with one attached hydrogen (secondary N) is 1. The normalized spacial score (nSPS) is 23.1. The number of ether oxygens (including phenoxy) is 1. The summed E-state index contributed by atoms with van der Waals surface area (Å²) >= 11 is 5.89. The number of halogens is 1. The Morgan fingerprint density at radius 2 is 2.05 bits per heavy atom. The fraction of sp³-hybridized carbons (Fsp3) is 0.533. The zero-order valence-electron chi connectivity index (χ0n) is 12.1. The molecule has 0 radical (unpaired) electrons.